The maximum Gasteiger partial charge on any atom is 0.240 e. The first-order valence-electron chi connectivity index (χ1n) is 6.91. The van der Waals surface area contributed by atoms with Crippen LogP contribution in [0.1, 0.15) is 5.56 Å². The van der Waals surface area contributed by atoms with Crippen molar-refractivity contribution in [2.24, 2.45) is 5.11 Å². The molecule has 23 heavy (non-hydrogen) atoms. The molecule has 0 N–H and O–H groups in total. The van der Waals surface area contributed by atoms with Gasteiger partial charge in [-0.25, -0.2) is 0 Å². The highest BCUT2D eigenvalue weighted by molar-refractivity contribution is 9.10. The van der Waals surface area contributed by atoms with Gasteiger partial charge in [0.05, 0.1) is 5.69 Å². The molecule has 0 saturated carbocycles. The fourth-order valence-corrected chi connectivity index (χ4v) is 2.86. The Balaban J connectivity index is 1.96. The van der Waals surface area contributed by atoms with E-state index in [0.717, 1.165) is 10.0 Å². The zero-order chi connectivity index (χ0) is 16.2. The molecule has 2 aromatic carbocycles. The maximum atomic E-state index is 12.3. The first-order chi connectivity index (χ1) is 11.2. The summed E-state index contributed by atoms with van der Waals surface area (Å²) in [5, 5.41) is 3.58. The van der Waals surface area contributed by atoms with E-state index in [2.05, 4.69) is 37.8 Å². The van der Waals surface area contributed by atoms with Crippen LogP contribution < -0.4 is 4.90 Å². The van der Waals surface area contributed by atoms with Gasteiger partial charge in [-0.15, -0.1) is 0 Å². The third-order valence-electron chi connectivity index (χ3n) is 3.49. The molecule has 0 spiro atoms. The van der Waals surface area contributed by atoms with Gasteiger partial charge in [-0.1, -0.05) is 47.3 Å². The molecule has 5 nitrogen and oxygen atoms in total. The summed E-state index contributed by atoms with van der Waals surface area (Å²) < 4.78 is 0.791. The van der Waals surface area contributed by atoms with Crippen LogP contribution in [-0.4, -0.2) is 18.0 Å². The monoisotopic (exact) mass is 366 g/mol. The van der Waals surface area contributed by atoms with E-state index in [1.54, 1.807) is 4.90 Å². The summed E-state index contributed by atoms with van der Waals surface area (Å²) >= 11 is 3.44. The lowest BCUT2D eigenvalue weighted by atomic mass is 9.94. The Hall–Kier alpha value is -2.74. The lowest BCUT2D eigenvalue weighted by Gasteiger charge is -2.42. The highest BCUT2D eigenvalue weighted by atomic mass is 79.9. The van der Waals surface area contributed by atoms with E-state index in [-0.39, 0.29) is 5.91 Å². The van der Waals surface area contributed by atoms with Crippen LogP contribution in [0.5, 0.6) is 0 Å². The maximum absolute atomic E-state index is 12.3. The number of amides is 1. The van der Waals surface area contributed by atoms with E-state index >= 15 is 0 Å². The topological polar surface area (TPSA) is 69.1 Å². The summed E-state index contributed by atoms with van der Waals surface area (Å²) in [6.45, 7) is 0. The molecular formula is C17H11BrN4O. The fourth-order valence-electron chi connectivity index (χ4n) is 2.38. The first-order valence-corrected chi connectivity index (χ1v) is 7.70. The number of carbonyl (C=O) groups is 1. The minimum absolute atomic E-state index is 0.248. The first kappa shape index (κ1) is 15.2. The molecule has 0 aromatic heterocycles. The second-order valence-electron chi connectivity index (χ2n) is 4.89. The number of hydrogen-bond donors (Lipinski definition) is 0. The van der Waals surface area contributed by atoms with Crippen molar-refractivity contribution in [1.82, 2.24) is 0 Å². The van der Waals surface area contributed by atoms with Gasteiger partial charge in [0.25, 0.3) is 0 Å². The molecule has 2 atom stereocenters. The van der Waals surface area contributed by atoms with E-state index in [1.807, 2.05) is 54.6 Å². The summed E-state index contributed by atoms with van der Waals surface area (Å²) in [6.07, 6.45) is 0. The second kappa shape index (κ2) is 6.57. The molecular weight excluding hydrogens is 356 g/mol. The Morgan fingerprint density at radius 3 is 2.52 bits per heavy atom. The van der Waals surface area contributed by atoms with Crippen molar-refractivity contribution in [1.29, 1.82) is 0 Å². The number of carbonyl (C=O) groups excluding carboxylic acids is 1. The molecule has 1 amide bonds. The quantitative estimate of drug-likeness (QED) is 0.261. The zero-order valence-corrected chi connectivity index (χ0v) is 13.5. The Bertz CT molecular complexity index is 850. The van der Waals surface area contributed by atoms with E-state index in [9.17, 15) is 4.79 Å². The number of hydrogen-bond acceptors (Lipinski definition) is 2. The predicted octanol–water partition coefficient (Wildman–Crippen LogP) is 3.89. The van der Waals surface area contributed by atoms with Crippen molar-refractivity contribution >= 4 is 27.5 Å². The van der Waals surface area contributed by atoms with Crippen LogP contribution in [0.3, 0.4) is 0 Å². The molecule has 1 fully saturated rings. The van der Waals surface area contributed by atoms with Gasteiger partial charge in [0.2, 0.25) is 5.91 Å². The molecule has 1 heterocycles. The molecule has 3 rings (SSSR count). The molecule has 1 aliphatic rings. The molecule has 6 heteroatoms. The minimum atomic E-state index is -0.789. The normalized spacial score (nSPS) is 19.2. The van der Waals surface area contributed by atoms with Gasteiger partial charge in [0, 0.05) is 14.9 Å². The standard InChI is InChI=1S/C17H11BrN4O/c18-13-8-4-5-9-14(13)22-15(16(17(22)23)20-21-19)11-10-12-6-2-1-3-7-12/h1-9,15-16H/t15-,16-/m0/s1. The molecule has 112 valence electrons. The minimum Gasteiger partial charge on any atom is -0.295 e. The molecule has 1 aliphatic heterocycles. The molecule has 2 aromatic rings. The number of azide groups is 1. The molecule has 1 saturated heterocycles. The van der Waals surface area contributed by atoms with Gasteiger partial charge in [-0.2, -0.15) is 0 Å². The Kier molecular flexibility index (Phi) is 4.33. The lowest BCUT2D eigenvalue weighted by Crippen LogP contribution is -2.63. The second-order valence-corrected chi connectivity index (χ2v) is 5.74. The van der Waals surface area contributed by atoms with E-state index < -0.39 is 12.1 Å². The number of anilines is 1. The van der Waals surface area contributed by atoms with Crippen LogP contribution in [0.4, 0.5) is 5.69 Å². The van der Waals surface area contributed by atoms with Crippen molar-refractivity contribution in [2.75, 3.05) is 4.90 Å². The zero-order valence-electron chi connectivity index (χ0n) is 11.9. The van der Waals surface area contributed by atoms with Crippen LogP contribution >= 0.6 is 15.9 Å². The van der Waals surface area contributed by atoms with Gasteiger partial charge in [-0.3, -0.25) is 9.69 Å². The smallest absolute Gasteiger partial charge is 0.240 e. The van der Waals surface area contributed by atoms with Crippen LogP contribution in [0.15, 0.2) is 64.2 Å². The Morgan fingerprint density at radius 2 is 1.83 bits per heavy atom. The summed E-state index contributed by atoms with van der Waals surface area (Å²) in [6, 6.07) is 15.6. The van der Waals surface area contributed by atoms with Crippen molar-refractivity contribution in [3.05, 3.63) is 75.1 Å². The highest BCUT2D eigenvalue weighted by Gasteiger charge is 2.47. The number of halogens is 1. The summed E-state index contributed by atoms with van der Waals surface area (Å²) in [4.78, 5) is 16.6. The SMILES string of the molecule is [N-]=[N+]=N[C@@H]1C(=O)N(c2ccccc2Br)[C@H]1C#Cc1ccccc1. The average Bonchev–Trinajstić information content (AvgIpc) is 2.58. The Labute approximate surface area is 141 Å². The van der Waals surface area contributed by atoms with Crippen molar-refractivity contribution in [3.63, 3.8) is 0 Å². The predicted molar refractivity (Wildman–Crippen MR) is 91.7 cm³/mol. The number of para-hydroxylation sites is 1. The van der Waals surface area contributed by atoms with Gasteiger partial charge in [-0.05, 0) is 45.7 Å². The van der Waals surface area contributed by atoms with Crippen molar-refractivity contribution in [3.8, 4) is 11.8 Å². The van der Waals surface area contributed by atoms with Crippen LogP contribution in [-0.2, 0) is 4.79 Å². The summed E-state index contributed by atoms with van der Waals surface area (Å²) in [5.41, 5.74) is 10.2. The van der Waals surface area contributed by atoms with E-state index in [1.165, 1.54) is 0 Å². The Morgan fingerprint density at radius 1 is 1.13 bits per heavy atom. The van der Waals surface area contributed by atoms with Gasteiger partial charge < -0.3 is 0 Å². The number of rotatable bonds is 2. The molecule has 0 aliphatic carbocycles. The van der Waals surface area contributed by atoms with Crippen molar-refractivity contribution < 1.29 is 4.79 Å². The lowest BCUT2D eigenvalue weighted by molar-refractivity contribution is -0.124. The van der Waals surface area contributed by atoms with Crippen LogP contribution in [0.25, 0.3) is 10.4 Å². The fraction of sp³-hybridized carbons (Fsp3) is 0.118. The number of benzene rings is 2. The van der Waals surface area contributed by atoms with E-state index in [4.69, 9.17) is 5.53 Å². The number of β-lactam (4-membered cyclic amide) rings is 1. The van der Waals surface area contributed by atoms with Crippen LogP contribution in [0, 0.1) is 11.8 Å². The molecule has 0 radical (unpaired) electrons. The average molecular weight is 367 g/mol. The number of nitrogens with zero attached hydrogens (tertiary/aromatic N) is 4. The van der Waals surface area contributed by atoms with Gasteiger partial charge in [0.15, 0.2) is 0 Å². The summed E-state index contributed by atoms with van der Waals surface area (Å²) in [7, 11) is 0. The largest absolute Gasteiger partial charge is 0.295 e. The van der Waals surface area contributed by atoms with Gasteiger partial charge in [0.1, 0.15) is 12.1 Å². The molecule has 0 unspecified atom stereocenters. The van der Waals surface area contributed by atoms with Crippen LogP contribution in [0.2, 0.25) is 0 Å². The van der Waals surface area contributed by atoms with Crippen molar-refractivity contribution in [2.45, 2.75) is 12.1 Å². The third-order valence-corrected chi connectivity index (χ3v) is 4.16. The van der Waals surface area contributed by atoms with Gasteiger partial charge >= 0.3 is 0 Å². The van der Waals surface area contributed by atoms with E-state index in [0.29, 0.717) is 5.69 Å². The highest BCUT2D eigenvalue weighted by Crippen LogP contribution is 2.35. The summed E-state index contributed by atoms with van der Waals surface area (Å²) in [5.74, 6) is 5.83. The third kappa shape index (κ3) is 2.93. The molecule has 0 bridgehead atoms.